The van der Waals surface area contributed by atoms with Crippen molar-refractivity contribution < 1.29 is 23.0 Å². The lowest BCUT2D eigenvalue weighted by molar-refractivity contribution is -0.0512. The van der Waals surface area contributed by atoms with E-state index in [1.165, 1.54) is 13.2 Å². The second-order valence-electron chi connectivity index (χ2n) is 4.56. The number of ether oxygens (including phenoxy) is 3. The number of alkyl halides is 2. The minimum absolute atomic E-state index is 0.00448. The highest BCUT2D eigenvalue weighted by Gasteiger charge is 2.11. The molecule has 0 heterocycles. The van der Waals surface area contributed by atoms with E-state index in [1.807, 2.05) is 0 Å². The highest BCUT2D eigenvalue weighted by Crippen LogP contribution is 2.29. The van der Waals surface area contributed by atoms with Gasteiger partial charge in [-0.15, -0.1) is 0 Å². The summed E-state index contributed by atoms with van der Waals surface area (Å²) in [6.45, 7) is -1.11. The first-order valence-electron chi connectivity index (χ1n) is 7.16. The van der Waals surface area contributed by atoms with Gasteiger partial charge in [-0.2, -0.15) is 8.78 Å². The van der Waals surface area contributed by atoms with Crippen molar-refractivity contribution in [2.45, 2.75) is 19.6 Å². The Morgan fingerprint density at radius 3 is 2.61 bits per heavy atom. The maximum Gasteiger partial charge on any atom is 0.387 e. The number of guanidine groups is 1. The van der Waals surface area contributed by atoms with Crippen LogP contribution in [-0.4, -0.2) is 47.0 Å². The van der Waals surface area contributed by atoms with Gasteiger partial charge in [0.15, 0.2) is 17.5 Å². The minimum atomic E-state index is -2.90. The maximum absolute atomic E-state index is 12.4. The zero-order valence-corrected chi connectivity index (χ0v) is 13.6. The van der Waals surface area contributed by atoms with Crippen molar-refractivity contribution in [2.24, 2.45) is 4.99 Å². The van der Waals surface area contributed by atoms with E-state index in [-0.39, 0.29) is 11.5 Å². The smallest absolute Gasteiger partial charge is 0.387 e. The van der Waals surface area contributed by atoms with Crippen LogP contribution in [0.5, 0.6) is 11.5 Å². The van der Waals surface area contributed by atoms with Gasteiger partial charge in [0, 0.05) is 33.9 Å². The monoisotopic (exact) mass is 331 g/mol. The summed E-state index contributed by atoms with van der Waals surface area (Å²) in [6.07, 6.45) is 0.853. The molecule has 0 unspecified atom stereocenters. The number of rotatable bonds is 9. The summed E-state index contributed by atoms with van der Waals surface area (Å²) < 4.78 is 39.2. The number of hydrogen-bond donors (Lipinski definition) is 2. The fourth-order valence-electron chi connectivity index (χ4n) is 1.85. The average molecular weight is 331 g/mol. The molecule has 0 spiro atoms. The number of benzene rings is 1. The Morgan fingerprint density at radius 2 is 2.00 bits per heavy atom. The normalized spacial score (nSPS) is 11.5. The summed E-state index contributed by atoms with van der Waals surface area (Å²) in [5, 5.41) is 6.22. The first kappa shape index (κ1) is 19.0. The van der Waals surface area contributed by atoms with E-state index in [0.717, 1.165) is 18.5 Å². The zero-order chi connectivity index (χ0) is 17.1. The highest BCUT2D eigenvalue weighted by molar-refractivity contribution is 5.79. The highest BCUT2D eigenvalue weighted by atomic mass is 19.3. The van der Waals surface area contributed by atoms with Gasteiger partial charge < -0.3 is 24.8 Å². The van der Waals surface area contributed by atoms with Crippen molar-refractivity contribution in [3.05, 3.63) is 23.8 Å². The number of hydrogen-bond acceptors (Lipinski definition) is 4. The molecule has 130 valence electrons. The van der Waals surface area contributed by atoms with Crippen molar-refractivity contribution in [3.63, 3.8) is 0 Å². The van der Waals surface area contributed by atoms with Crippen LogP contribution in [0.1, 0.15) is 12.0 Å². The quantitative estimate of drug-likeness (QED) is 0.412. The number of halogens is 2. The Morgan fingerprint density at radius 1 is 1.22 bits per heavy atom. The van der Waals surface area contributed by atoms with E-state index in [9.17, 15) is 8.78 Å². The molecule has 2 N–H and O–H groups in total. The van der Waals surface area contributed by atoms with Gasteiger partial charge in [-0.1, -0.05) is 6.07 Å². The second-order valence-corrected chi connectivity index (χ2v) is 4.56. The molecule has 23 heavy (non-hydrogen) atoms. The maximum atomic E-state index is 12.4. The van der Waals surface area contributed by atoms with Crippen LogP contribution in [0.4, 0.5) is 8.78 Å². The molecule has 1 rings (SSSR count). The van der Waals surface area contributed by atoms with E-state index in [1.54, 1.807) is 26.3 Å². The predicted molar refractivity (Wildman–Crippen MR) is 84.3 cm³/mol. The van der Waals surface area contributed by atoms with Gasteiger partial charge in [0.25, 0.3) is 0 Å². The Bertz CT molecular complexity index is 499. The van der Waals surface area contributed by atoms with Gasteiger partial charge in [-0.3, -0.25) is 4.99 Å². The standard InChI is InChI=1S/C15H23F2N3O3/c1-18-15(19-7-4-8-21-2)20-10-11-5-6-12(22-3)13(9-11)23-14(16)17/h5-6,9,14H,4,7-8,10H2,1-3H3,(H2,18,19,20). The molecular weight excluding hydrogens is 308 g/mol. The minimum Gasteiger partial charge on any atom is -0.493 e. The summed E-state index contributed by atoms with van der Waals surface area (Å²) >= 11 is 0. The number of aliphatic imine (C=N–C) groups is 1. The third kappa shape index (κ3) is 7.14. The Kier molecular flexibility index (Phi) is 8.74. The third-order valence-electron chi connectivity index (χ3n) is 2.95. The van der Waals surface area contributed by atoms with E-state index >= 15 is 0 Å². The topological polar surface area (TPSA) is 64.1 Å². The summed E-state index contributed by atoms with van der Waals surface area (Å²) in [6, 6.07) is 4.86. The van der Waals surface area contributed by atoms with Gasteiger partial charge >= 0.3 is 6.61 Å². The van der Waals surface area contributed by atoms with E-state index in [2.05, 4.69) is 20.4 Å². The molecule has 0 aliphatic carbocycles. The summed E-state index contributed by atoms with van der Waals surface area (Å²) in [4.78, 5) is 4.08. The van der Waals surface area contributed by atoms with Gasteiger partial charge in [0.1, 0.15) is 0 Å². The second kappa shape index (κ2) is 10.6. The van der Waals surface area contributed by atoms with E-state index in [4.69, 9.17) is 9.47 Å². The van der Waals surface area contributed by atoms with Crippen LogP contribution < -0.4 is 20.1 Å². The van der Waals surface area contributed by atoms with Crippen molar-refractivity contribution >= 4 is 5.96 Å². The molecule has 6 nitrogen and oxygen atoms in total. The molecule has 0 saturated carbocycles. The lowest BCUT2D eigenvalue weighted by Gasteiger charge is -2.14. The molecule has 8 heteroatoms. The van der Waals surface area contributed by atoms with Crippen LogP contribution in [0.3, 0.4) is 0 Å². The van der Waals surface area contributed by atoms with Gasteiger partial charge in [0.2, 0.25) is 0 Å². The fourth-order valence-corrected chi connectivity index (χ4v) is 1.85. The van der Waals surface area contributed by atoms with Crippen molar-refractivity contribution in [3.8, 4) is 11.5 Å². The first-order valence-corrected chi connectivity index (χ1v) is 7.16. The molecule has 0 aromatic heterocycles. The predicted octanol–water partition coefficient (Wildman–Crippen LogP) is 2.00. The van der Waals surface area contributed by atoms with Gasteiger partial charge in [-0.05, 0) is 24.1 Å². The molecule has 0 amide bonds. The molecule has 1 aromatic rings. The van der Waals surface area contributed by atoms with Crippen LogP contribution in [0.25, 0.3) is 0 Å². The van der Waals surface area contributed by atoms with E-state index < -0.39 is 6.61 Å². The molecule has 0 aliphatic rings. The summed E-state index contributed by atoms with van der Waals surface area (Å²) in [5.41, 5.74) is 0.765. The fraction of sp³-hybridized carbons (Fsp3) is 0.533. The number of nitrogens with zero attached hydrogens (tertiary/aromatic N) is 1. The van der Waals surface area contributed by atoms with Gasteiger partial charge in [0.05, 0.1) is 7.11 Å². The largest absolute Gasteiger partial charge is 0.493 e. The Hall–Kier alpha value is -2.09. The third-order valence-corrected chi connectivity index (χ3v) is 2.95. The molecule has 1 aromatic carbocycles. The van der Waals surface area contributed by atoms with Crippen LogP contribution in [-0.2, 0) is 11.3 Å². The van der Waals surface area contributed by atoms with Crippen molar-refractivity contribution in [2.75, 3.05) is 34.4 Å². The molecule has 0 atom stereocenters. The molecular formula is C15H23F2N3O3. The van der Waals surface area contributed by atoms with Crippen molar-refractivity contribution in [1.29, 1.82) is 0 Å². The van der Waals surface area contributed by atoms with Crippen molar-refractivity contribution in [1.82, 2.24) is 10.6 Å². The van der Waals surface area contributed by atoms with Crippen LogP contribution in [0, 0.1) is 0 Å². The lowest BCUT2D eigenvalue weighted by Crippen LogP contribution is -2.37. The Balaban J connectivity index is 2.58. The molecule has 0 aliphatic heterocycles. The van der Waals surface area contributed by atoms with Crippen LogP contribution in [0.2, 0.25) is 0 Å². The zero-order valence-electron chi connectivity index (χ0n) is 13.6. The molecule has 0 fully saturated rings. The number of nitrogens with one attached hydrogen (secondary N) is 2. The van der Waals surface area contributed by atoms with Gasteiger partial charge in [-0.25, -0.2) is 0 Å². The first-order chi connectivity index (χ1) is 11.1. The number of methoxy groups -OCH3 is 2. The summed E-state index contributed by atoms with van der Waals surface area (Å²) in [5.74, 6) is 0.884. The average Bonchev–Trinajstić information content (AvgIpc) is 2.54. The SMILES string of the molecule is CN=C(NCCCOC)NCc1ccc(OC)c(OC(F)F)c1. The molecule has 0 radical (unpaired) electrons. The van der Waals surface area contributed by atoms with E-state index in [0.29, 0.717) is 19.1 Å². The summed E-state index contributed by atoms with van der Waals surface area (Å²) in [7, 11) is 4.71. The lowest BCUT2D eigenvalue weighted by atomic mass is 10.2. The van der Waals surface area contributed by atoms with Crippen LogP contribution >= 0.6 is 0 Å². The molecule has 0 saturated heterocycles. The Labute approximate surface area is 134 Å². The molecule has 0 bridgehead atoms. The van der Waals surface area contributed by atoms with Crippen LogP contribution in [0.15, 0.2) is 23.2 Å².